The third kappa shape index (κ3) is 3.99. The van der Waals surface area contributed by atoms with Crippen molar-refractivity contribution in [1.82, 2.24) is 0 Å². The van der Waals surface area contributed by atoms with Crippen LogP contribution in [0.1, 0.15) is 19.4 Å². The summed E-state index contributed by atoms with van der Waals surface area (Å²) >= 11 is 0. The molecule has 2 nitrogen and oxygen atoms in total. The molecule has 2 heteroatoms. The first-order chi connectivity index (χ1) is 8.24. The van der Waals surface area contributed by atoms with E-state index in [0.29, 0.717) is 12.2 Å². The molecule has 17 heavy (non-hydrogen) atoms. The molecule has 0 radical (unpaired) electrons. The minimum atomic E-state index is 0.388. The summed E-state index contributed by atoms with van der Waals surface area (Å²) in [6.45, 7) is 7.65. The Kier molecular flexibility index (Phi) is 4.35. The van der Waals surface area contributed by atoms with E-state index in [0.717, 1.165) is 19.6 Å². The molecular weight excluding hydrogens is 210 g/mol. The van der Waals surface area contributed by atoms with Crippen molar-refractivity contribution in [3.8, 4) is 0 Å². The monoisotopic (exact) mass is 232 g/mol. The van der Waals surface area contributed by atoms with Crippen molar-refractivity contribution in [2.75, 3.05) is 19.6 Å². The number of morpholine rings is 1. The fourth-order valence-electron chi connectivity index (χ4n) is 2.48. The van der Waals surface area contributed by atoms with Gasteiger partial charge in [0.05, 0.1) is 6.54 Å². The summed E-state index contributed by atoms with van der Waals surface area (Å²) in [6.07, 6.45) is 5.26. The highest BCUT2D eigenvalue weighted by molar-refractivity contribution is 5.48. The Bertz CT molecular complexity index is 350. The number of hydrogen-bond acceptors (Lipinski definition) is 1. The summed E-state index contributed by atoms with van der Waals surface area (Å²) in [5, 5.41) is 0. The topological polar surface area (TPSA) is 13.7 Å². The lowest BCUT2D eigenvalue weighted by Crippen LogP contribution is -3.15. The van der Waals surface area contributed by atoms with E-state index in [1.54, 1.807) is 4.90 Å². The van der Waals surface area contributed by atoms with Gasteiger partial charge in [-0.05, 0) is 25.5 Å². The number of rotatable bonds is 3. The van der Waals surface area contributed by atoms with Crippen LogP contribution in [-0.2, 0) is 4.74 Å². The molecule has 1 fully saturated rings. The van der Waals surface area contributed by atoms with E-state index in [4.69, 9.17) is 4.74 Å². The average Bonchev–Trinajstić information content (AvgIpc) is 2.29. The normalized spacial score (nSPS) is 29.6. The summed E-state index contributed by atoms with van der Waals surface area (Å²) in [7, 11) is 0. The number of nitrogens with one attached hydrogen (secondary N) is 1. The fourth-order valence-corrected chi connectivity index (χ4v) is 2.48. The van der Waals surface area contributed by atoms with Gasteiger partial charge in [0.1, 0.15) is 25.3 Å². The summed E-state index contributed by atoms with van der Waals surface area (Å²) in [5.74, 6) is 0. The van der Waals surface area contributed by atoms with Gasteiger partial charge in [0.15, 0.2) is 0 Å². The Morgan fingerprint density at radius 1 is 1.18 bits per heavy atom. The first-order valence-electron chi connectivity index (χ1n) is 6.44. The van der Waals surface area contributed by atoms with Crippen molar-refractivity contribution >= 4 is 6.08 Å². The van der Waals surface area contributed by atoms with Crippen LogP contribution in [0.25, 0.3) is 6.08 Å². The molecule has 1 aromatic carbocycles. The highest BCUT2D eigenvalue weighted by atomic mass is 16.5. The van der Waals surface area contributed by atoms with E-state index in [-0.39, 0.29) is 0 Å². The third-order valence-electron chi connectivity index (χ3n) is 3.13. The molecule has 0 bridgehead atoms. The van der Waals surface area contributed by atoms with Crippen LogP contribution in [0, 0.1) is 0 Å². The maximum absolute atomic E-state index is 5.74. The van der Waals surface area contributed by atoms with Gasteiger partial charge in [0.25, 0.3) is 0 Å². The van der Waals surface area contributed by atoms with Gasteiger partial charge in [-0.15, -0.1) is 0 Å². The van der Waals surface area contributed by atoms with Gasteiger partial charge < -0.3 is 9.64 Å². The molecule has 1 saturated heterocycles. The highest BCUT2D eigenvalue weighted by Crippen LogP contribution is 2.01. The molecule has 1 N–H and O–H groups in total. The van der Waals surface area contributed by atoms with Crippen molar-refractivity contribution in [1.29, 1.82) is 0 Å². The average molecular weight is 232 g/mol. The maximum Gasteiger partial charge on any atom is 0.104 e. The molecule has 3 atom stereocenters. The van der Waals surface area contributed by atoms with Crippen molar-refractivity contribution < 1.29 is 9.64 Å². The maximum atomic E-state index is 5.74. The molecule has 0 spiro atoms. The highest BCUT2D eigenvalue weighted by Gasteiger charge is 2.24. The first-order valence-corrected chi connectivity index (χ1v) is 6.44. The Balaban J connectivity index is 1.83. The lowest BCUT2D eigenvalue weighted by atomic mass is 10.2. The Morgan fingerprint density at radius 2 is 1.82 bits per heavy atom. The van der Waals surface area contributed by atoms with E-state index in [2.05, 4.69) is 50.3 Å². The van der Waals surface area contributed by atoms with Crippen LogP contribution in [0.2, 0.25) is 0 Å². The molecule has 92 valence electrons. The van der Waals surface area contributed by atoms with Gasteiger partial charge in [0.2, 0.25) is 0 Å². The molecular formula is C15H22NO+. The summed E-state index contributed by atoms with van der Waals surface area (Å²) in [5.41, 5.74) is 1.28. The predicted octanol–water partition coefficient (Wildman–Crippen LogP) is 1.39. The fraction of sp³-hybridized carbons (Fsp3) is 0.467. The molecule has 1 aliphatic heterocycles. The minimum Gasteiger partial charge on any atom is -0.364 e. The number of ether oxygens (including phenoxy) is 1. The molecule has 0 amide bonds. The second kappa shape index (κ2) is 5.99. The zero-order chi connectivity index (χ0) is 12.1. The molecule has 1 aliphatic rings. The lowest BCUT2D eigenvalue weighted by Gasteiger charge is -2.31. The summed E-state index contributed by atoms with van der Waals surface area (Å²) in [6, 6.07) is 10.5. The van der Waals surface area contributed by atoms with Crippen molar-refractivity contribution in [3.05, 3.63) is 42.0 Å². The summed E-state index contributed by atoms with van der Waals surface area (Å²) < 4.78 is 5.74. The van der Waals surface area contributed by atoms with E-state index in [1.165, 1.54) is 5.56 Å². The van der Waals surface area contributed by atoms with Gasteiger partial charge in [0, 0.05) is 0 Å². The molecule has 1 heterocycles. The van der Waals surface area contributed by atoms with Crippen LogP contribution in [-0.4, -0.2) is 31.8 Å². The number of hydrogen-bond donors (Lipinski definition) is 1. The SMILES string of the molecule is C[C@@H]1C[NH+](C/C=C/c2ccccc2)C[C@H](C)O1. The largest absolute Gasteiger partial charge is 0.364 e. The van der Waals surface area contributed by atoms with Crippen molar-refractivity contribution in [3.63, 3.8) is 0 Å². The van der Waals surface area contributed by atoms with Crippen LogP contribution in [0.4, 0.5) is 0 Å². The van der Waals surface area contributed by atoms with Crippen LogP contribution in [0.15, 0.2) is 36.4 Å². The van der Waals surface area contributed by atoms with E-state index >= 15 is 0 Å². The zero-order valence-corrected chi connectivity index (χ0v) is 10.7. The Hall–Kier alpha value is -1.12. The molecule has 0 saturated carbocycles. The predicted molar refractivity (Wildman–Crippen MR) is 71.0 cm³/mol. The minimum absolute atomic E-state index is 0.388. The summed E-state index contributed by atoms with van der Waals surface area (Å²) in [4.78, 5) is 1.61. The second-order valence-corrected chi connectivity index (χ2v) is 4.93. The smallest absolute Gasteiger partial charge is 0.104 e. The van der Waals surface area contributed by atoms with Gasteiger partial charge in [-0.3, -0.25) is 0 Å². The standard InChI is InChI=1S/C15H21NO/c1-13-11-16(12-14(2)17-13)10-6-9-15-7-4-3-5-8-15/h3-9,13-14H,10-12H2,1-2H3/p+1/b9-6+/t13-,14+. The molecule has 0 aliphatic carbocycles. The van der Waals surface area contributed by atoms with Crippen molar-refractivity contribution in [2.45, 2.75) is 26.1 Å². The molecule has 2 rings (SSSR count). The lowest BCUT2D eigenvalue weighted by molar-refractivity contribution is -0.909. The van der Waals surface area contributed by atoms with Crippen LogP contribution < -0.4 is 4.90 Å². The van der Waals surface area contributed by atoms with Crippen LogP contribution >= 0.6 is 0 Å². The van der Waals surface area contributed by atoms with Gasteiger partial charge in [-0.2, -0.15) is 0 Å². The number of quaternary nitrogens is 1. The molecule has 1 aromatic rings. The zero-order valence-electron chi connectivity index (χ0n) is 10.7. The third-order valence-corrected chi connectivity index (χ3v) is 3.13. The van der Waals surface area contributed by atoms with Gasteiger partial charge in [-0.1, -0.05) is 36.4 Å². The second-order valence-electron chi connectivity index (χ2n) is 4.93. The van der Waals surface area contributed by atoms with Gasteiger partial charge >= 0.3 is 0 Å². The van der Waals surface area contributed by atoms with Gasteiger partial charge in [-0.25, -0.2) is 0 Å². The van der Waals surface area contributed by atoms with Crippen molar-refractivity contribution in [2.24, 2.45) is 0 Å². The molecule has 1 unspecified atom stereocenters. The number of benzene rings is 1. The van der Waals surface area contributed by atoms with Crippen LogP contribution in [0.3, 0.4) is 0 Å². The van der Waals surface area contributed by atoms with Crippen LogP contribution in [0.5, 0.6) is 0 Å². The Morgan fingerprint density at radius 3 is 2.47 bits per heavy atom. The van der Waals surface area contributed by atoms with E-state index in [9.17, 15) is 0 Å². The first kappa shape index (κ1) is 12.3. The Labute approximate surface area is 104 Å². The van der Waals surface area contributed by atoms with E-state index < -0.39 is 0 Å². The quantitative estimate of drug-likeness (QED) is 0.831. The molecule has 0 aromatic heterocycles. The van der Waals surface area contributed by atoms with E-state index in [1.807, 2.05) is 6.07 Å².